The predicted octanol–water partition coefficient (Wildman–Crippen LogP) is 1.84. The third-order valence-corrected chi connectivity index (χ3v) is 5.13. The number of carbonyl (C=O) groups is 1. The lowest BCUT2D eigenvalue weighted by molar-refractivity contribution is -0.0855. The van der Waals surface area contributed by atoms with E-state index in [-0.39, 0.29) is 12.0 Å². The molecular formula is C18H19N5O3S. The Balaban J connectivity index is 1.50. The van der Waals surface area contributed by atoms with E-state index in [9.17, 15) is 4.79 Å². The molecule has 1 aliphatic heterocycles. The normalized spacial score (nSPS) is 17.0. The van der Waals surface area contributed by atoms with Crippen LogP contribution in [0.5, 0.6) is 0 Å². The Morgan fingerprint density at radius 3 is 3.11 bits per heavy atom. The molecule has 0 radical (unpaired) electrons. The summed E-state index contributed by atoms with van der Waals surface area (Å²) < 4.78 is 12.5. The van der Waals surface area contributed by atoms with Gasteiger partial charge in [0.15, 0.2) is 0 Å². The van der Waals surface area contributed by atoms with E-state index in [2.05, 4.69) is 20.4 Å². The molecule has 1 N–H and O–H groups in total. The van der Waals surface area contributed by atoms with Crippen LogP contribution < -0.4 is 5.32 Å². The lowest BCUT2D eigenvalue weighted by Gasteiger charge is -2.22. The van der Waals surface area contributed by atoms with E-state index in [4.69, 9.17) is 9.47 Å². The Labute approximate surface area is 160 Å². The maximum Gasteiger partial charge on any atom is 0.254 e. The van der Waals surface area contributed by atoms with Gasteiger partial charge in [-0.25, -0.2) is 14.6 Å². The Bertz CT molecular complexity index is 919. The van der Waals surface area contributed by atoms with E-state index in [1.54, 1.807) is 22.2 Å². The standard InChI is InChI=1S/C18H19N5O3S/c1-12-14(17(24)20-9-13-11-25-6-7-26-13)10-21-23(12)18-19-5-4-15(22-18)16-3-2-8-27-16/h2-5,8,10,13H,6-7,9,11H2,1H3,(H,20,24). The summed E-state index contributed by atoms with van der Waals surface area (Å²) in [4.78, 5) is 22.4. The summed E-state index contributed by atoms with van der Waals surface area (Å²) in [5.74, 6) is 0.226. The first-order chi connectivity index (χ1) is 13.2. The summed E-state index contributed by atoms with van der Waals surface area (Å²) in [6.07, 6.45) is 3.10. The highest BCUT2D eigenvalue weighted by atomic mass is 32.1. The average Bonchev–Trinajstić information content (AvgIpc) is 3.37. The van der Waals surface area contributed by atoms with Crippen molar-refractivity contribution in [3.05, 3.63) is 47.2 Å². The van der Waals surface area contributed by atoms with Crippen LogP contribution in [0.3, 0.4) is 0 Å². The molecule has 1 fully saturated rings. The highest BCUT2D eigenvalue weighted by Gasteiger charge is 2.19. The van der Waals surface area contributed by atoms with E-state index in [0.717, 1.165) is 10.6 Å². The van der Waals surface area contributed by atoms with Crippen molar-refractivity contribution in [1.29, 1.82) is 0 Å². The van der Waals surface area contributed by atoms with Crippen LogP contribution in [0.4, 0.5) is 0 Å². The molecule has 3 aromatic rings. The quantitative estimate of drug-likeness (QED) is 0.721. The molecule has 0 saturated carbocycles. The lowest BCUT2D eigenvalue weighted by Crippen LogP contribution is -2.39. The van der Waals surface area contributed by atoms with E-state index >= 15 is 0 Å². The fourth-order valence-electron chi connectivity index (χ4n) is 2.80. The molecule has 4 rings (SSSR count). The van der Waals surface area contributed by atoms with Crippen molar-refractivity contribution >= 4 is 17.2 Å². The van der Waals surface area contributed by atoms with Gasteiger partial charge in [0.05, 0.1) is 53.9 Å². The molecule has 4 heterocycles. The summed E-state index contributed by atoms with van der Waals surface area (Å²) in [5.41, 5.74) is 1.99. The molecule has 1 aliphatic rings. The first-order valence-corrected chi connectivity index (χ1v) is 9.50. The number of carbonyl (C=O) groups excluding carboxylic acids is 1. The smallest absolute Gasteiger partial charge is 0.254 e. The topological polar surface area (TPSA) is 91.2 Å². The van der Waals surface area contributed by atoms with Crippen molar-refractivity contribution in [2.45, 2.75) is 13.0 Å². The highest BCUT2D eigenvalue weighted by molar-refractivity contribution is 7.13. The van der Waals surface area contributed by atoms with Crippen LogP contribution in [0, 0.1) is 6.92 Å². The molecule has 8 nitrogen and oxygen atoms in total. The fourth-order valence-corrected chi connectivity index (χ4v) is 3.50. The number of nitrogens with zero attached hydrogens (tertiary/aromatic N) is 4. The van der Waals surface area contributed by atoms with Gasteiger partial charge in [-0.15, -0.1) is 11.3 Å². The first kappa shape index (κ1) is 17.8. The van der Waals surface area contributed by atoms with Gasteiger partial charge in [0.2, 0.25) is 0 Å². The van der Waals surface area contributed by atoms with Crippen LogP contribution in [0.2, 0.25) is 0 Å². The van der Waals surface area contributed by atoms with Gasteiger partial charge in [-0.1, -0.05) is 6.07 Å². The van der Waals surface area contributed by atoms with E-state index < -0.39 is 0 Å². The number of hydrogen-bond donors (Lipinski definition) is 1. The third kappa shape index (κ3) is 3.90. The largest absolute Gasteiger partial charge is 0.376 e. The molecule has 140 valence electrons. The minimum atomic E-state index is -0.206. The van der Waals surface area contributed by atoms with Gasteiger partial charge < -0.3 is 14.8 Å². The van der Waals surface area contributed by atoms with Crippen molar-refractivity contribution < 1.29 is 14.3 Å². The highest BCUT2D eigenvalue weighted by Crippen LogP contribution is 2.23. The minimum absolute atomic E-state index is 0.121. The molecule has 0 bridgehead atoms. The van der Waals surface area contributed by atoms with Crippen molar-refractivity contribution in [2.24, 2.45) is 0 Å². The number of aromatic nitrogens is 4. The molecule has 1 atom stereocenters. The molecular weight excluding hydrogens is 366 g/mol. The molecule has 0 spiro atoms. The Morgan fingerprint density at radius 2 is 2.33 bits per heavy atom. The molecule has 1 saturated heterocycles. The van der Waals surface area contributed by atoms with Gasteiger partial charge in [0, 0.05) is 12.7 Å². The maximum absolute atomic E-state index is 12.5. The van der Waals surface area contributed by atoms with Crippen LogP contribution in [0.15, 0.2) is 36.0 Å². The van der Waals surface area contributed by atoms with Crippen LogP contribution >= 0.6 is 11.3 Å². The second-order valence-corrected chi connectivity index (χ2v) is 7.00. The van der Waals surface area contributed by atoms with Crippen molar-refractivity contribution in [2.75, 3.05) is 26.4 Å². The predicted molar refractivity (Wildman–Crippen MR) is 100 cm³/mol. The van der Waals surface area contributed by atoms with Gasteiger partial charge in [0.25, 0.3) is 11.9 Å². The van der Waals surface area contributed by atoms with E-state index in [1.165, 1.54) is 6.20 Å². The second-order valence-electron chi connectivity index (χ2n) is 6.05. The maximum atomic E-state index is 12.5. The van der Waals surface area contributed by atoms with Crippen LogP contribution in [-0.2, 0) is 9.47 Å². The zero-order valence-corrected chi connectivity index (χ0v) is 15.6. The minimum Gasteiger partial charge on any atom is -0.376 e. The van der Waals surface area contributed by atoms with Gasteiger partial charge in [-0.2, -0.15) is 5.10 Å². The average molecular weight is 385 g/mol. The van der Waals surface area contributed by atoms with Crippen molar-refractivity contribution in [3.63, 3.8) is 0 Å². The fraction of sp³-hybridized carbons (Fsp3) is 0.333. The van der Waals surface area contributed by atoms with Crippen LogP contribution in [-0.4, -0.2) is 58.1 Å². The Morgan fingerprint density at radius 1 is 1.41 bits per heavy atom. The van der Waals surface area contributed by atoms with Gasteiger partial charge >= 0.3 is 0 Å². The van der Waals surface area contributed by atoms with Crippen molar-refractivity contribution in [3.8, 4) is 16.5 Å². The lowest BCUT2D eigenvalue weighted by atomic mass is 10.2. The second kappa shape index (κ2) is 7.95. The monoisotopic (exact) mass is 385 g/mol. The summed E-state index contributed by atoms with van der Waals surface area (Å²) in [6.45, 7) is 3.86. The molecule has 0 aliphatic carbocycles. The summed E-state index contributed by atoms with van der Waals surface area (Å²) >= 11 is 1.61. The number of ether oxygens (including phenoxy) is 2. The molecule has 27 heavy (non-hydrogen) atoms. The summed E-state index contributed by atoms with van der Waals surface area (Å²) in [7, 11) is 0. The van der Waals surface area contributed by atoms with Gasteiger partial charge in [-0.05, 0) is 24.4 Å². The number of rotatable bonds is 5. The van der Waals surface area contributed by atoms with Crippen molar-refractivity contribution in [1.82, 2.24) is 25.1 Å². The summed E-state index contributed by atoms with van der Waals surface area (Å²) in [6, 6.07) is 5.83. The molecule has 1 amide bonds. The SMILES string of the molecule is Cc1c(C(=O)NCC2COCCO2)cnn1-c1nccc(-c2cccs2)n1. The number of amides is 1. The van der Waals surface area contributed by atoms with E-state index in [1.807, 2.05) is 30.5 Å². The Hall–Kier alpha value is -2.62. The summed E-state index contributed by atoms with van der Waals surface area (Å²) in [5, 5.41) is 9.17. The molecule has 1 unspecified atom stereocenters. The third-order valence-electron chi connectivity index (χ3n) is 4.24. The zero-order chi connectivity index (χ0) is 18.6. The molecule has 3 aromatic heterocycles. The number of nitrogens with one attached hydrogen (secondary N) is 1. The van der Waals surface area contributed by atoms with E-state index in [0.29, 0.717) is 43.6 Å². The van der Waals surface area contributed by atoms with Crippen LogP contribution in [0.1, 0.15) is 16.1 Å². The molecule has 9 heteroatoms. The Kier molecular flexibility index (Phi) is 5.23. The number of hydrogen-bond acceptors (Lipinski definition) is 7. The molecule has 0 aromatic carbocycles. The van der Waals surface area contributed by atoms with Gasteiger partial charge in [0.1, 0.15) is 0 Å². The number of thiophene rings is 1. The van der Waals surface area contributed by atoms with Crippen LogP contribution in [0.25, 0.3) is 16.5 Å². The van der Waals surface area contributed by atoms with Gasteiger partial charge in [-0.3, -0.25) is 4.79 Å². The first-order valence-electron chi connectivity index (χ1n) is 8.62. The zero-order valence-electron chi connectivity index (χ0n) is 14.8.